The van der Waals surface area contributed by atoms with Crippen LogP contribution >= 0.6 is 0 Å². The lowest BCUT2D eigenvalue weighted by Crippen LogP contribution is -2.22. The fourth-order valence-corrected chi connectivity index (χ4v) is 3.24. The Morgan fingerprint density at radius 3 is 2.42 bits per heavy atom. The Morgan fingerprint density at radius 2 is 1.74 bits per heavy atom. The van der Waals surface area contributed by atoms with E-state index in [1.165, 1.54) is 19.2 Å². The molecule has 0 aliphatic carbocycles. The lowest BCUT2D eigenvalue weighted by Gasteiger charge is -2.15. The SMILES string of the molecule is COC(=O)c1ccccc1NC(=O)Cn1c(CCC(=O)O)ccc1-c1ccc(F)cc1. The number of carboxylic acids is 1. The molecule has 3 rings (SSSR count). The molecule has 0 spiro atoms. The standard InChI is InChI=1S/C23H21FN2O5/c1-31-23(30)18-4-2-3-5-19(18)25-21(27)14-26-17(11-13-22(28)29)10-12-20(26)15-6-8-16(24)9-7-15/h2-10,12H,11,13-14H2,1H3,(H,25,27)(H,28,29). The Kier molecular flexibility index (Phi) is 6.81. The van der Waals surface area contributed by atoms with Gasteiger partial charge in [-0.05, 0) is 60.5 Å². The van der Waals surface area contributed by atoms with Crippen molar-refractivity contribution in [2.75, 3.05) is 12.4 Å². The highest BCUT2D eigenvalue weighted by molar-refractivity contribution is 6.01. The number of rotatable bonds is 8. The number of aliphatic carboxylic acids is 1. The molecule has 31 heavy (non-hydrogen) atoms. The smallest absolute Gasteiger partial charge is 0.339 e. The van der Waals surface area contributed by atoms with Crippen molar-refractivity contribution in [2.24, 2.45) is 0 Å². The number of carbonyl (C=O) groups excluding carboxylic acids is 2. The van der Waals surface area contributed by atoms with E-state index in [4.69, 9.17) is 9.84 Å². The molecule has 0 bridgehead atoms. The van der Waals surface area contributed by atoms with Crippen molar-refractivity contribution in [1.82, 2.24) is 4.57 Å². The van der Waals surface area contributed by atoms with Crippen LogP contribution in [0.15, 0.2) is 60.7 Å². The second-order valence-corrected chi connectivity index (χ2v) is 6.78. The number of halogens is 1. The van der Waals surface area contributed by atoms with E-state index < -0.39 is 17.8 Å². The van der Waals surface area contributed by atoms with E-state index in [-0.39, 0.29) is 30.8 Å². The molecule has 0 unspecified atom stereocenters. The van der Waals surface area contributed by atoms with Crippen molar-refractivity contribution in [3.63, 3.8) is 0 Å². The van der Waals surface area contributed by atoms with Gasteiger partial charge in [0.2, 0.25) is 5.91 Å². The van der Waals surface area contributed by atoms with Gasteiger partial charge in [0, 0.05) is 11.4 Å². The van der Waals surface area contributed by atoms with Gasteiger partial charge in [-0.25, -0.2) is 9.18 Å². The van der Waals surface area contributed by atoms with E-state index in [9.17, 15) is 18.8 Å². The summed E-state index contributed by atoms with van der Waals surface area (Å²) >= 11 is 0. The molecule has 2 aromatic carbocycles. The van der Waals surface area contributed by atoms with Crippen LogP contribution in [-0.2, 0) is 27.3 Å². The topological polar surface area (TPSA) is 97.6 Å². The Hall–Kier alpha value is -3.94. The molecule has 3 aromatic rings. The third kappa shape index (κ3) is 5.36. The maximum Gasteiger partial charge on any atom is 0.339 e. The fraction of sp³-hybridized carbons (Fsp3) is 0.174. The van der Waals surface area contributed by atoms with Crippen molar-refractivity contribution >= 4 is 23.5 Å². The molecule has 8 heteroatoms. The molecule has 0 fully saturated rings. The molecule has 0 atom stereocenters. The highest BCUT2D eigenvalue weighted by Crippen LogP contribution is 2.24. The van der Waals surface area contributed by atoms with Crippen LogP contribution in [0.3, 0.4) is 0 Å². The number of nitrogens with one attached hydrogen (secondary N) is 1. The molecule has 160 valence electrons. The van der Waals surface area contributed by atoms with Crippen LogP contribution < -0.4 is 5.32 Å². The molecule has 0 aliphatic heterocycles. The average molecular weight is 424 g/mol. The predicted octanol–water partition coefficient (Wildman–Crippen LogP) is 3.74. The number of benzene rings is 2. The zero-order chi connectivity index (χ0) is 22.4. The highest BCUT2D eigenvalue weighted by Gasteiger charge is 2.17. The van der Waals surface area contributed by atoms with Gasteiger partial charge in [-0.2, -0.15) is 0 Å². The number of anilines is 1. The number of hydrogen-bond acceptors (Lipinski definition) is 4. The summed E-state index contributed by atoms with van der Waals surface area (Å²) in [6.45, 7) is -0.121. The quantitative estimate of drug-likeness (QED) is 0.537. The third-order valence-electron chi connectivity index (χ3n) is 4.71. The van der Waals surface area contributed by atoms with E-state index in [0.29, 0.717) is 22.6 Å². The maximum atomic E-state index is 13.3. The summed E-state index contributed by atoms with van der Waals surface area (Å²) in [5, 5.41) is 11.7. The summed E-state index contributed by atoms with van der Waals surface area (Å²) in [4.78, 5) is 35.8. The number of nitrogens with zero attached hydrogens (tertiary/aromatic N) is 1. The van der Waals surface area contributed by atoms with Gasteiger partial charge >= 0.3 is 11.9 Å². The summed E-state index contributed by atoms with van der Waals surface area (Å²) in [6.07, 6.45) is 0.127. The Balaban J connectivity index is 1.89. The molecule has 7 nitrogen and oxygen atoms in total. The van der Waals surface area contributed by atoms with Crippen LogP contribution in [0.25, 0.3) is 11.3 Å². The summed E-state index contributed by atoms with van der Waals surface area (Å²) < 4.78 is 19.8. The number of carbonyl (C=O) groups is 3. The molecule has 0 aliphatic rings. The monoisotopic (exact) mass is 424 g/mol. The molecule has 1 heterocycles. The Morgan fingerprint density at radius 1 is 1.03 bits per heavy atom. The molecule has 1 amide bonds. The number of aromatic nitrogens is 1. The van der Waals surface area contributed by atoms with Gasteiger partial charge in [0.1, 0.15) is 12.4 Å². The van der Waals surface area contributed by atoms with Gasteiger partial charge in [0.25, 0.3) is 0 Å². The van der Waals surface area contributed by atoms with Crippen LogP contribution in [0, 0.1) is 5.82 Å². The van der Waals surface area contributed by atoms with Crippen molar-refractivity contribution in [3.8, 4) is 11.3 Å². The first kappa shape index (κ1) is 21.8. The fourth-order valence-electron chi connectivity index (χ4n) is 3.24. The number of esters is 1. The zero-order valence-electron chi connectivity index (χ0n) is 16.8. The van der Waals surface area contributed by atoms with Gasteiger partial charge in [-0.1, -0.05) is 12.1 Å². The van der Waals surface area contributed by atoms with Crippen LogP contribution in [0.1, 0.15) is 22.5 Å². The first-order valence-corrected chi connectivity index (χ1v) is 9.52. The van der Waals surface area contributed by atoms with Gasteiger partial charge in [-0.15, -0.1) is 0 Å². The highest BCUT2D eigenvalue weighted by atomic mass is 19.1. The first-order chi connectivity index (χ1) is 14.9. The number of amides is 1. The summed E-state index contributed by atoms with van der Waals surface area (Å²) in [7, 11) is 1.25. The number of para-hydroxylation sites is 1. The molecule has 2 N–H and O–H groups in total. The zero-order valence-corrected chi connectivity index (χ0v) is 16.8. The molecule has 0 radical (unpaired) electrons. The summed E-state index contributed by atoms with van der Waals surface area (Å²) in [5.74, 6) is -2.32. The van der Waals surface area contributed by atoms with Crippen molar-refractivity contribution in [1.29, 1.82) is 0 Å². The summed E-state index contributed by atoms with van der Waals surface area (Å²) in [6, 6.07) is 15.8. The van der Waals surface area contributed by atoms with Gasteiger partial charge in [-0.3, -0.25) is 9.59 Å². The second-order valence-electron chi connectivity index (χ2n) is 6.78. The van der Waals surface area contributed by atoms with Crippen LogP contribution in [0.5, 0.6) is 0 Å². The lowest BCUT2D eigenvalue weighted by molar-refractivity contribution is -0.137. The van der Waals surface area contributed by atoms with Crippen molar-refractivity contribution in [3.05, 3.63) is 77.7 Å². The number of methoxy groups -OCH3 is 1. The number of ether oxygens (including phenoxy) is 1. The molecule has 1 aromatic heterocycles. The Labute approximate surface area is 178 Å². The van der Waals surface area contributed by atoms with Gasteiger partial charge in [0.05, 0.1) is 24.8 Å². The normalized spacial score (nSPS) is 10.5. The lowest BCUT2D eigenvalue weighted by atomic mass is 10.1. The molecule has 0 saturated carbocycles. The maximum absolute atomic E-state index is 13.3. The van der Waals surface area contributed by atoms with Crippen molar-refractivity contribution < 1.29 is 28.6 Å². The number of carboxylic acid groups (broad SMARTS) is 1. The largest absolute Gasteiger partial charge is 0.481 e. The average Bonchev–Trinajstić information content (AvgIpc) is 3.14. The van der Waals surface area contributed by atoms with E-state index in [1.807, 2.05) is 0 Å². The third-order valence-corrected chi connectivity index (χ3v) is 4.71. The van der Waals surface area contributed by atoms with E-state index in [0.717, 1.165) is 0 Å². The minimum atomic E-state index is -0.951. The minimum Gasteiger partial charge on any atom is -0.481 e. The van der Waals surface area contributed by atoms with E-state index in [1.54, 1.807) is 53.1 Å². The van der Waals surface area contributed by atoms with Crippen LogP contribution in [0.4, 0.5) is 10.1 Å². The Bertz CT molecular complexity index is 1110. The van der Waals surface area contributed by atoms with Crippen molar-refractivity contribution in [2.45, 2.75) is 19.4 Å². The van der Waals surface area contributed by atoms with Gasteiger partial charge in [0.15, 0.2) is 0 Å². The van der Waals surface area contributed by atoms with E-state index >= 15 is 0 Å². The second kappa shape index (κ2) is 9.71. The molecule has 0 saturated heterocycles. The minimum absolute atomic E-state index is 0.0976. The van der Waals surface area contributed by atoms with Crippen LogP contribution in [-0.4, -0.2) is 34.6 Å². The van der Waals surface area contributed by atoms with E-state index in [2.05, 4.69) is 5.32 Å². The van der Waals surface area contributed by atoms with Crippen LogP contribution in [0.2, 0.25) is 0 Å². The number of hydrogen-bond donors (Lipinski definition) is 2. The van der Waals surface area contributed by atoms with Gasteiger partial charge < -0.3 is 19.7 Å². The number of aryl methyl sites for hydroxylation is 1. The summed E-state index contributed by atoms with van der Waals surface area (Å²) in [5.41, 5.74) is 2.51. The molecular weight excluding hydrogens is 403 g/mol. The first-order valence-electron chi connectivity index (χ1n) is 9.52. The molecular formula is C23H21FN2O5. The predicted molar refractivity (Wildman–Crippen MR) is 112 cm³/mol.